The van der Waals surface area contributed by atoms with Crippen LogP contribution in [0.5, 0.6) is 0 Å². The lowest BCUT2D eigenvalue weighted by atomic mass is 10.1. The van der Waals surface area contributed by atoms with Gasteiger partial charge in [0.05, 0.1) is 10.5 Å². The second-order valence-corrected chi connectivity index (χ2v) is 7.61. The molecule has 0 atom stereocenters. The normalized spacial score (nSPS) is 15.3. The number of carbonyl (C=O) groups is 1. The molecule has 2 N–H and O–H groups in total. The van der Waals surface area contributed by atoms with Crippen LogP contribution in [0.3, 0.4) is 0 Å². The number of rotatable bonds is 6. The molecule has 1 aliphatic rings. The highest BCUT2D eigenvalue weighted by Gasteiger charge is 2.24. The molecular weight excluding hydrogens is 346 g/mol. The Labute approximate surface area is 126 Å². The van der Waals surface area contributed by atoms with Crippen LogP contribution in [0.1, 0.15) is 35.2 Å². The fraction of sp³-hybridized carbons (Fsp3) is 0.462. The Bertz CT molecular complexity index is 638. The van der Waals surface area contributed by atoms with Crippen LogP contribution in [0.4, 0.5) is 0 Å². The lowest BCUT2D eigenvalue weighted by Gasteiger charge is -2.11. The molecule has 1 aliphatic carbocycles. The Hall–Kier alpha value is -0.920. The standard InChI is InChI=1S/C13H16BrNO4S/c1-8-11(14)6-10(13(16)17)7-12(8)20(18,19)15-5-4-9-2-3-9/h6-7,9,15H,2-5H2,1H3,(H,16,17). The zero-order valence-electron chi connectivity index (χ0n) is 11.0. The second-order valence-electron chi connectivity index (χ2n) is 5.02. The maximum Gasteiger partial charge on any atom is 0.335 e. The van der Waals surface area contributed by atoms with Crippen LogP contribution in [0.25, 0.3) is 0 Å². The van der Waals surface area contributed by atoms with Crippen molar-refractivity contribution < 1.29 is 18.3 Å². The first-order valence-electron chi connectivity index (χ1n) is 6.34. The minimum absolute atomic E-state index is 0.0140. The van der Waals surface area contributed by atoms with Crippen molar-refractivity contribution in [3.63, 3.8) is 0 Å². The maximum absolute atomic E-state index is 12.3. The van der Waals surface area contributed by atoms with Crippen molar-refractivity contribution in [1.29, 1.82) is 0 Å². The van der Waals surface area contributed by atoms with Crippen LogP contribution >= 0.6 is 15.9 Å². The average molecular weight is 362 g/mol. The molecule has 0 spiro atoms. The van der Waals surface area contributed by atoms with E-state index in [9.17, 15) is 13.2 Å². The lowest BCUT2D eigenvalue weighted by molar-refractivity contribution is 0.0696. The number of carboxylic acids is 1. The molecule has 0 radical (unpaired) electrons. The zero-order chi connectivity index (χ0) is 14.9. The summed E-state index contributed by atoms with van der Waals surface area (Å²) in [7, 11) is -3.68. The summed E-state index contributed by atoms with van der Waals surface area (Å²) in [5.41, 5.74) is 0.457. The van der Waals surface area contributed by atoms with Crippen molar-refractivity contribution >= 4 is 31.9 Å². The SMILES string of the molecule is Cc1c(Br)cc(C(=O)O)cc1S(=O)(=O)NCCC1CC1. The van der Waals surface area contributed by atoms with Gasteiger partial charge in [0.25, 0.3) is 0 Å². The highest BCUT2D eigenvalue weighted by Crippen LogP contribution is 2.32. The van der Waals surface area contributed by atoms with E-state index >= 15 is 0 Å². The van der Waals surface area contributed by atoms with Gasteiger partial charge in [0.15, 0.2) is 0 Å². The van der Waals surface area contributed by atoms with Crippen molar-refractivity contribution in [2.24, 2.45) is 5.92 Å². The zero-order valence-corrected chi connectivity index (χ0v) is 13.4. The minimum Gasteiger partial charge on any atom is -0.478 e. The number of hydrogen-bond donors (Lipinski definition) is 2. The van der Waals surface area contributed by atoms with E-state index in [1.807, 2.05) is 0 Å². The van der Waals surface area contributed by atoms with E-state index in [1.54, 1.807) is 6.92 Å². The second kappa shape index (κ2) is 5.83. The average Bonchev–Trinajstić information content (AvgIpc) is 3.15. The van der Waals surface area contributed by atoms with E-state index in [-0.39, 0.29) is 10.5 Å². The monoisotopic (exact) mass is 361 g/mol. The summed E-state index contributed by atoms with van der Waals surface area (Å²) < 4.78 is 27.5. The summed E-state index contributed by atoms with van der Waals surface area (Å²) in [4.78, 5) is 11.0. The molecule has 0 amide bonds. The number of benzene rings is 1. The van der Waals surface area contributed by atoms with Gasteiger partial charge in [0.1, 0.15) is 0 Å². The van der Waals surface area contributed by atoms with Gasteiger partial charge in [-0.1, -0.05) is 28.8 Å². The summed E-state index contributed by atoms with van der Waals surface area (Å²) in [5.74, 6) is -0.518. The Morgan fingerprint density at radius 1 is 1.45 bits per heavy atom. The topological polar surface area (TPSA) is 83.5 Å². The van der Waals surface area contributed by atoms with E-state index in [2.05, 4.69) is 20.7 Å². The molecule has 0 saturated heterocycles. The van der Waals surface area contributed by atoms with Gasteiger partial charge in [0.2, 0.25) is 10.0 Å². The van der Waals surface area contributed by atoms with E-state index in [1.165, 1.54) is 25.0 Å². The minimum atomic E-state index is -3.68. The fourth-order valence-electron chi connectivity index (χ4n) is 1.94. The largest absolute Gasteiger partial charge is 0.478 e. The fourth-order valence-corrected chi connectivity index (χ4v) is 3.87. The molecule has 1 aromatic carbocycles. The van der Waals surface area contributed by atoms with Gasteiger partial charge in [0, 0.05) is 11.0 Å². The molecule has 0 heterocycles. The van der Waals surface area contributed by atoms with Crippen molar-refractivity contribution in [3.8, 4) is 0 Å². The number of carboxylic acid groups (broad SMARTS) is 1. The number of hydrogen-bond acceptors (Lipinski definition) is 3. The van der Waals surface area contributed by atoms with Gasteiger partial charge >= 0.3 is 5.97 Å². The molecule has 7 heteroatoms. The Balaban J connectivity index is 2.26. The van der Waals surface area contributed by atoms with Gasteiger partial charge < -0.3 is 5.11 Å². The number of aromatic carboxylic acids is 1. The first-order valence-corrected chi connectivity index (χ1v) is 8.62. The van der Waals surface area contributed by atoms with Crippen LogP contribution in [0.2, 0.25) is 0 Å². The summed E-state index contributed by atoms with van der Waals surface area (Å²) in [6, 6.07) is 2.60. The Morgan fingerprint density at radius 2 is 2.10 bits per heavy atom. The van der Waals surface area contributed by atoms with Crippen molar-refractivity contribution in [1.82, 2.24) is 4.72 Å². The Morgan fingerprint density at radius 3 is 2.65 bits per heavy atom. The molecule has 0 aromatic heterocycles. The molecule has 1 aromatic rings. The van der Waals surface area contributed by atoms with Gasteiger partial charge in [-0.25, -0.2) is 17.9 Å². The smallest absolute Gasteiger partial charge is 0.335 e. The third-order valence-corrected chi connectivity index (χ3v) is 5.79. The molecule has 5 nitrogen and oxygen atoms in total. The summed E-state index contributed by atoms with van der Waals surface area (Å²) >= 11 is 3.20. The maximum atomic E-state index is 12.3. The van der Waals surface area contributed by atoms with Crippen LogP contribution in [0.15, 0.2) is 21.5 Å². The third kappa shape index (κ3) is 3.59. The molecular formula is C13H16BrNO4S. The van der Waals surface area contributed by atoms with Crippen LogP contribution in [-0.2, 0) is 10.0 Å². The number of halogens is 1. The molecule has 2 rings (SSSR count). The first kappa shape index (κ1) is 15.5. The molecule has 1 fully saturated rings. The summed E-state index contributed by atoms with van der Waals surface area (Å²) in [5, 5.41) is 9.01. The predicted octanol–water partition coefficient (Wildman–Crippen LogP) is 2.53. The van der Waals surface area contributed by atoms with E-state index in [4.69, 9.17) is 5.11 Å². The van der Waals surface area contributed by atoms with Crippen LogP contribution in [-0.4, -0.2) is 26.0 Å². The summed E-state index contributed by atoms with van der Waals surface area (Å²) in [6.07, 6.45) is 3.17. The van der Waals surface area contributed by atoms with Crippen LogP contribution < -0.4 is 4.72 Å². The van der Waals surface area contributed by atoms with Crippen LogP contribution in [0, 0.1) is 12.8 Å². The van der Waals surface area contributed by atoms with Gasteiger partial charge in [-0.2, -0.15) is 0 Å². The molecule has 0 aliphatic heterocycles. The number of sulfonamides is 1. The number of nitrogens with one attached hydrogen (secondary N) is 1. The Kier molecular flexibility index (Phi) is 4.51. The van der Waals surface area contributed by atoms with Crippen molar-refractivity contribution in [3.05, 3.63) is 27.7 Å². The highest BCUT2D eigenvalue weighted by atomic mass is 79.9. The van der Waals surface area contributed by atoms with Gasteiger partial charge in [-0.3, -0.25) is 0 Å². The molecule has 0 bridgehead atoms. The molecule has 0 unspecified atom stereocenters. The van der Waals surface area contributed by atoms with Crippen molar-refractivity contribution in [2.45, 2.75) is 31.1 Å². The van der Waals surface area contributed by atoms with Crippen molar-refractivity contribution in [2.75, 3.05) is 6.54 Å². The van der Waals surface area contributed by atoms with E-state index in [0.29, 0.717) is 22.5 Å². The lowest BCUT2D eigenvalue weighted by Crippen LogP contribution is -2.26. The predicted molar refractivity (Wildman–Crippen MR) is 78.4 cm³/mol. The molecule has 1 saturated carbocycles. The first-order chi connectivity index (χ1) is 9.31. The summed E-state index contributed by atoms with van der Waals surface area (Å²) in [6.45, 7) is 2.03. The molecule has 110 valence electrons. The highest BCUT2D eigenvalue weighted by molar-refractivity contribution is 9.10. The van der Waals surface area contributed by atoms with Gasteiger partial charge in [-0.15, -0.1) is 0 Å². The van der Waals surface area contributed by atoms with E-state index < -0.39 is 16.0 Å². The quantitative estimate of drug-likeness (QED) is 0.815. The van der Waals surface area contributed by atoms with E-state index in [0.717, 1.165) is 6.42 Å². The van der Waals surface area contributed by atoms with Gasteiger partial charge in [-0.05, 0) is 37.0 Å². The molecule has 20 heavy (non-hydrogen) atoms. The third-order valence-electron chi connectivity index (χ3n) is 3.37.